The first-order valence-corrected chi connectivity index (χ1v) is 7.77. The van der Waals surface area contributed by atoms with E-state index in [9.17, 15) is 14.4 Å². The van der Waals surface area contributed by atoms with E-state index in [2.05, 4.69) is 0 Å². The zero-order valence-electron chi connectivity index (χ0n) is 13.6. The molecule has 0 radical (unpaired) electrons. The Kier molecular flexibility index (Phi) is 2.85. The molecular weight excluding hydrogens is 310 g/mol. The highest BCUT2D eigenvalue weighted by atomic mass is 16.5. The van der Waals surface area contributed by atoms with Crippen LogP contribution in [0.2, 0.25) is 0 Å². The third-order valence-corrected chi connectivity index (χ3v) is 5.25. The highest BCUT2D eigenvalue weighted by molar-refractivity contribution is 6.23. The number of anilines is 1. The first-order valence-electron chi connectivity index (χ1n) is 7.77. The van der Waals surface area contributed by atoms with Crippen LogP contribution in [0.3, 0.4) is 0 Å². The number of esters is 1. The summed E-state index contributed by atoms with van der Waals surface area (Å²) in [5.41, 5.74) is -0.849. The maximum Gasteiger partial charge on any atom is 0.337 e. The van der Waals surface area contributed by atoms with Crippen molar-refractivity contribution in [3.05, 3.63) is 42.0 Å². The molecule has 6 heteroatoms. The molecule has 0 aliphatic carbocycles. The Morgan fingerprint density at radius 3 is 2.25 bits per heavy atom. The molecular formula is C18H17NO5. The Balaban J connectivity index is 1.76. The molecule has 1 aromatic rings. The van der Waals surface area contributed by atoms with Gasteiger partial charge in [-0.05, 0) is 32.0 Å². The van der Waals surface area contributed by atoms with Gasteiger partial charge in [-0.1, -0.05) is 18.2 Å². The van der Waals surface area contributed by atoms with Crippen LogP contribution < -0.4 is 4.90 Å². The second kappa shape index (κ2) is 4.54. The summed E-state index contributed by atoms with van der Waals surface area (Å²) in [6, 6.07) is 6.36. The van der Waals surface area contributed by atoms with Crippen molar-refractivity contribution >= 4 is 23.5 Å². The summed E-state index contributed by atoms with van der Waals surface area (Å²) in [4.78, 5) is 38.8. The fourth-order valence-corrected chi connectivity index (χ4v) is 4.18. The van der Waals surface area contributed by atoms with Crippen LogP contribution in [0.4, 0.5) is 5.69 Å². The molecule has 2 amide bonds. The van der Waals surface area contributed by atoms with Gasteiger partial charge in [-0.25, -0.2) is 9.69 Å². The number of amides is 2. The molecule has 3 heterocycles. The number of nitrogens with zero attached hydrogens (tertiary/aromatic N) is 1. The van der Waals surface area contributed by atoms with E-state index in [1.54, 1.807) is 18.2 Å². The summed E-state index contributed by atoms with van der Waals surface area (Å²) >= 11 is 0. The maximum atomic E-state index is 13.0. The van der Waals surface area contributed by atoms with Gasteiger partial charge in [0.05, 0.1) is 41.4 Å². The molecule has 3 aliphatic heterocycles. The molecule has 0 saturated carbocycles. The molecule has 124 valence electrons. The molecule has 2 saturated heterocycles. The lowest BCUT2D eigenvalue weighted by Crippen LogP contribution is -2.39. The van der Waals surface area contributed by atoms with Crippen molar-refractivity contribution in [2.75, 3.05) is 12.0 Å². The molecule has 24 heavy (non-hydrogen) atoms. The third kappa shape index (κ3) is 1.72. The molecule has 6 nitrogen and oxygen atoms in total. The SMILES string of the molecule is COC(=O)c1cccc(N2C(=O)[C@H]3[C@H](C2=O)[C@]2(C)C=C[C@@]3(C)O2)c1. The number of carbonyl (C=O) groups is 3. The second-order valence-electron chi connectivity index (χ2n) is 6.81. The fourth-order valence-electron chi connectivity index (χ4n) is 4.18. The van der Waals surface area contributed by atoms with Crippen molar-refractivity contribution in [2.45, 2.75) is 25.0 Å². The summed E-state index contributed by atoms with van der Waals surface area (Å²) in [6.07, 6.45) is 3.74. The Hall–Kier alpha value is -2.47. The summed E-state index contributed by atoms with van der Waals surface area (Å²) in [7, 11) is 1.29. The number of ether oxygens (including phenoxy) is 2. The van der Waals surface area contributed by atoms with Gasteiger partial charge in [0.2, 0.25) is 11.8 Å². The van der Waals surface area contributed by atoms with Crippen LogP contribution >= 0.6 is 0 Å². The largest absolute Gasteiger partial charge is 0.465 e. The van der Waals surface area contributed by atoms with Gasteiger partial charge in [-0.2, -0.15) is 0 Å². The van der Waals surface area contributed by atoms with Crippen LogP contribution in [-0.4, -0.2) is 36.1 Å². The van der Waals surface area contributed by atoms with Crippen LogP contribution in [0.25, 0.3) is 0 Å². The standard InChI is InChI=1S/C18H17NO5/c1-17-7-8-18(2,24-17)13-12(17)14(20)19(15(13)21)11-6-4-5-10(9-11)16(22)23-3/h4-9,12-13H,1-3H3/t12-,13-,17-,18+/m1/s1. The number of imide groups is 1. The average molecular weight is 327 g/mol. The quantitative estimate of drug-likeness (QED) is 0.470. The highest BCUT2D eigenvalue weighted by Gasteiger charge is 2.70. The monoisotopic (exact) mass is 327 g/mol. The van der Waals surface area contributed by atoms with E-state index in [0.717, 1.165) is 0 Å². The normalized spacial score (nSPS) is 36.4. The van der Waals surface area contributed by atoms with E-state index in [1.807, 2.05) is 26.0 Å². The van der Waals surface area contributed by atoms with Crippen molar-refractivity contribution in [3.8, 4) is 0 Å². The van der Waals surface area contributed by atoms with Gasteiger partial charge in [0.25, 0.3) is 0 Å². The third-order valence-electron chi connectivity index (χ3n) is 5.25. The Morgan fingerprint density at radius 2 is 1.71 bits per heavy atom. The van der Waals surface area contributed by atoms with Gasteiger partial charge in [0, 0.05) is 0 Å². The Labute approximate surface area is 139 Å². The van der Waals surface area contributed by atoms with E-state index in [-0.39, 0.29) is 11.8 Å². The summed E-state index contributed by atoms with van der Waals surface area (Å²) in [5, 5.41) is 0. The van der Waals surface area contributed by atoms with Crippen LogP contribution in [0, 0.1) is 11.8 Å². The van der Waals surface area contributed by atoms with E-state index < -0.39 is 29.0 Å². The van der Waals surface area contributed by atoms with E-state index in [0.29, 0.717) is 11.3 Å². The maximum absolute atomic E-state index is 13.0. The number of methoxy groups -OCH3 is 1. The molecule has 0 aromatic heterocycles. The average Bonchev–Trinajstić information content (AvgIpc) is 3.11. The summed E-state index contributed by atoms with van der Waals surface area (Å²) in [6.45, 7) is 3.66. The van der Waals surface area contributed by atoms with Crippen LogP contribution in [0.5, 0.6) is 0 Å². The lowest BCUT2D eigenvalue weighted by atomic mass is 9.73. The molecule has 4 atom stereocenters. The predicted octanol–water partition coefficient (Wildman–Crippen LogP) is 1.70. The topological polar surface area (TPSA) is 72.9 Å². The second-order valence-corrected chi connectivity index (χ2v) is 6.81. The van der Waals surface area contributed by atoms with Crippen molar-refractivity contribution in [3.63, 3.8) is 0 Å². The minimum atomic E-state index is -0.763. The zero-order valence-corrected chi connectivity index (χ0v) is 13.6. The van der Waals surface area contributed by atoms with E-state index >= 15 is 0 Å². The smallest absolute Gasteiger partial charge is 0.337 e. The number of hydrogen-bond donors (Lipinski definition) is 0. The lowest BCUT2D eigenvalue weighted by Gasteiger charge is -2.25. The Morgan fingerprint density at radius 1 is 1.12 bits per heavy atom. The molecule has 0 N–H and O–H groups in total. The number of benzene rings is 1. The van der Waals surface area contributed by atoms with Gasteiger partial charge >= 0.3 is 5.97 Å². The van der Waals surface area contributed by atoms with Crippen LogP contribution in [0.15, 0.2) is 36.4 Å². The van der Waals surface area contributed by atoms with Crippen LogP contribution in [0.1, 0.15) is 24.2 Å². The zero-order chi connectivity index (χ0) is 17.3. The van der Waals surface area contributed by atoms with Crippen molar-refractivity contribution in [1.29, 1.82) is 0 Å². The van der Waals surface area contributed by atoms with Crippen molar-refractivity contribution in [1.82, 2.24) is 0 Å². The van der Waals surface area contributed by atoms with Crippen molar-refractivity contribution < 1.29 is 23.9 Å². The Bertz CT molecular complexity index is 779. The fraction of sp³-hybridized carbons (Fsp3) is 0.389. The molecule has 2 bridgehead atoms. The number of carbonyl (C=O) groups excluding carboxylic acids is 3. The van der Waals surface area contributed by atoms with Gasteiger partial charge in [0.1, 0.15) is 0 Å². The van der Waals surface area contributed by atoms with Gasteiger partial charge in [-0.3, -0.25) is 9.59 Å². The lowest BCUT2D eigenvalue weighted by molar-refractivity contribution is -0.128. The minimum absolute atomic E-state index is 0.289. The predicted molar refractivity (Wildman–Crippen MR) is 84.3 cm³/mol. The number of fused-ring (bicyclic) bond motifs is 5. The molecule has 4 rings (SSSR count). The van der Waals surface area contributed by atoms with Crippen LogP contribution in [-0.2, 0) is 19.1 Å². The highest BCUT2D eigenvalue weighted by Crippen LogP contribution is 2.57. The van der Waals surface area contributed by atoms with Gasteiger partial charge in [0.15, 0.2) is 0 Å². The van der Waals surface area contributed by atoms with Gasteiger partial charge < -0.3 is 9.47 Å². The first kappa shape index (κ1) is 15.1. The van der Waals surface area contributed by atoms with E-state index in [1.165, 1.54) is 18.1 Å². The number of rotatable bonds is 2. The summed E-state index contributed by atoms with van der Waals surface area (Å²) in [5.74, 6) is -2.17. The molecule has 3 aliphatic rings. The van der Waals surface area contributed by atoms with Gasteiger partial charge in [-0.15, -0.1) is 0 Å². The van der Waals surface area contributed by atoms with Crippen molar-refractivity contribution in [2.24, 2.45) is 11.8 Å². The molecule has 0 unspecified atom stereocenters. The molecule has 0 spiro atoms. The summed E-state index contributed by atoms with van der Waals surface area (Å²) < 4.78 is 10.7. The number of hydrogen-bond acceptors (Lipinski definition) is 5. The molecule has 1 aromatic carbocycles. The molecule has 2 fully saturated rings. The minimum Gasteiger partial charge on any atom is -0.465 e. The van der Waals surface area contributed by atoms with E-state index in [4.69, 9.17) is 9.47 Å². The first-order chi connectivity index (χ1) is 11.3.